The molecule has 7 heteroatoms. The van der Waals surface area contributed by atoms with Gasteiger partial charge in [-0.2, -0.15) is 0 Å². The van der Waals surface area contributed by atoms with Crippen LogP contribution in [0.5, 0.6) is 0 Å². The van der Waals surface area contributed by atoms with Gasteiger partial charge in [-0.05, 0) is 49.2 Å². The molecule has 4 N–H and O–H groups in total. The van der Waals surface area contributed by atoms with Crippen molar-refractivity contribution in [3.05, 3.63) is 57.6 Å². The molecule has 0 aliphatic carbocycles. The fraction of sp³-hybridized carbons (Fsp3) is 0.133. The minimum Gasteiger partial charge on any atom is -0.245 e. The molecule has 0 aromatic heterocycles. The van der Waals surface area contributed by atoms with Gasteiger partial charge in [-0.25, -0.2) is 26.5 Å². The van der Waals surface area contributed by atoms with Gasteiger partial charge in [0.1, 0.15) is 0 Å². The minimum absolute atomic E-state index is 0.478. The second kappa shape index (κ2) is 6.54. The molecule has 0 aliphatic rings. The molecule has 2 aromatic rings. The van der Waals surface area contributed by atoms with Crippen LogP contribution in [0.25, 0.3) is 0 Å². The third-order valence-electron chi connectivity index (χ3n) is 3.27. The van der Waals surface area contributed by atoms with Crippen LogP contribution in [0.15, 0.2) is 36.4 Å². The summed E-state index contributed by atoms with van der Waals surface area (Å²) in [6.07, 6.45) is 0. The van der Waals surface area contributed by atoms with E-state index in [1.807, 2.05) is 13.8 Å². The van der Waals surface area contributed by atoms with Crippen molar-refractivity contribution in [2.24, 2.45) is 11.7 Å². The van der Waals surface area contributed by atoms with Gasteiger partial charge < -0.3 is 0 Å². The lowest BCUT2D eigenvalue weighted by Gasteiger charge is -2.26. The molecule has 0 aliphatic heterocycles. The van der Waals surface area contributed by atoms with Crippen molar-refractivity contribution in [2.75, 3.05) is 10.0 Å². The van der Waals surface area contributed by atoms with Crippen molar-refractivity contribution in [2.45, 2.75) is 13.8 Å². The molecule has 2 amide bonds. The van der Waals surface area contributed by atoms with Crippen LogP contribution in [-0.4, -0.2) is 6.03 Å². The Balaban J connectivity index is 2.34. The Morgan fingerprint density at radius 3 is 1.59 bits per heavy atom. The molecule has 0 saturated heterocycles. The number of hydrogen-bond acceptors (Lipinski definition) is 3. The molecule has 0 spiro atoms. The van der Waals surface area contributed by atoms with Crippen molar-refractivity contribution in [1.82, 2.24) is 0 Å². The molecule has 0 bridgehead atoms. The first kappa shape index (κ1) is 16.6. The van der Waals surface area contributed by atoms with E-state index in [9.17, 15) is 4.79 Å². The smallest absolute Gasteiger partial charge is 0.245 e. The molecule has 0 unspecified atom stereocenters. The molecule has 2 aromatic carbocycles. The van der Waals surface area contributed by atoms with Crippen LogP contribution in [0.1, 0.15) is 11.1 Å². The second-order valence-corrected chi connectivity index (χ2v) is 5.76. The van der Waals surface area contributed by atoms with Gasteiger partial charge in [0.25, 0.3) is 0 Å². The lowest BCUT2D eigenvalue weighted by molar-refractivity contribution is 0.251. The van der Waals surface area contributed by atoms with E-state index < -0.39 is 6.03 Å². The lowest BCUT2D eigenvalue weighted by atomic mass is 10.2. The average molecular weight is 339 g/mol. The maximum absolute atomic E-state index is 12.5. The van der Waals surface area contributed by atoms with E-state index in [0.717, 1.165) is 21.1 Å². The van der Waals surface area contributed by atoms with Gasteiger partial charge in [0.2, 0.25) is 0 Å². The number of amides is 2. The first-order valence-electron chi connectivity index (χ1n) is 6.47. The Morgan fingerprint density at radius 1 is 0.864 bits per heavy atom. The summed E-state index contributed by atoms with van der Waals surface area (Å²) >= 11 is 11.9. The largest absolute Gasteiger partial charge is 0.357 e. The Hall–Kier alpha value is -1.79. The number of carbonyl (C=O) groups excluding carboxylic acids is 1. The highest BCUT2D eigenvalue weighted by Gasteiger charge is 2.21. The number of urea groups is 1. The van der Waals surface area contributed by atoms with Gasteiger partial charge in [0.05, 0.1) is 11.4 Å². The molecule has 0 heterocycles. The molecule has 0 atom stereocenters. The van der Waals surface area contributed by atoms with E-state index in [1.54, 1.807) is 36.4 Å². The van der Waals surface area contributed by atoms with E-state index in [-0.39, 0.29) is 0 Å². The number of nitrogens with two attached hydrogens (primary N) is 2. The van der Waals surface area contributed by atoms with Crippen LogP contribution in [0.4, 0.5) is 16.2 Å². The molecule has 116 valence electrons. The van der Waals surface area contributed by atoms with Crippen LogP contribution in [0, 0.1) is 13.8 Å². The average Bonchev–Trinajstić information content (AvgIpc) is 2.50. The van der Waals surface area contributed by atoms with Gasteiger partial charge in [0.15, 0.2) is 0 Å². The fourth-order valence-corrected chi connectivity index (χ4v) is 2.34. The Bertz CT molecular complexity index is 661. The summed E-state index contributed by atoms with van der Waals surface area (Å²) in [6, 6.07) is 9.60. The van der Waals surface area contributed by atoms with Crippen molar-refractivity contribution in [3.8, 4) is 0 Å². The maximum Gasteiger partial charge on any atom is 0.357 e. The topological polar surface area (TPSA) is 75.6 Å². The van der Waals surface area contributed by atoms with E-state index in [2.05, 4.69) is 0 Å². The van der Waals surface area contributed by atoms with Crippen LogP contribution < -0.4 is 21.7 Å². The van der Waals surface area contributed by atoms with Crippen LogP contribution in [0.2, 0.25) is 10.0 Å². The SMILES string of the molecule is Cc1ccc(Cl)cc1N(N)C(=O)N(N)c1cc(Cl)ccc1C. The molecule has 0 fully saturated rings. The summed E-state index contributed by atoms with van der Waals surface area (Å²) in [5.41, 5.74) is 2.56. The third-order valence-corrected chi connectivity index (χ3v) is 3.74. The van der Waals surface area contributed by atoms with Gasteiger partial charge in [-0.1, -0.05) is 35.3 Å². The predicted molar refractivity (Wildman–Crippen MR) is 91.1 cm³/mol. The molecule has 5 nitrogen and oxygen atoms in total. The number of anilines is 2. The number of halogens is 2. The van der Waals surface area contributed by atoms with Crippen molar-refractivity contribution in [3.63, 3.8) is 0 Å². The molecule has 2 rings (SSSR count). The summed E-state index contributed by atoms with van der Waals surface area (Å²) in [7, 11) is 0. The van der Waals surface area contributed by atoms with E-state index in [4.69, 9.17) is 34.9 Å². The summed E-state index contributed by atoms with van der Waals surface area (Å²) < 4.78 is 0. The Labute approximate surface area is 138 Å². The lowest BCUT2D eigenvalue weighted by Crippen LogP contribution is -2.51. The summed E-state index contributed by atoms with van der Waals surface area (Å²) in [5, 5.41) is 2.88. The standard InChI is InChI=1S/C15H16Cl2N4O/c1-9-3-5-11(16)7-13(9)20(18)15(22)21(19)14-8-12(17)6-4-10(14)2/h3-8H,18-19H2,1-2H3. The first-order chi connectivity index (χ1) is 10.3. The molecular formula is C15H16Cl2N4O. The van der Waals surface area contributed by atoms with Crippen LogP contribution >= 0.6 is 23.2 Å². The van der Waals surface area contributed by atoms with Crippen LogP contribution in [0.3, 0.4) is 0 Å². The van der Waals surface area contributed by atoms with Crippen molar-refractivity contribution in [1.29, 1.82) is 0 Å². The number of rotatable bonds is 2. The highest BCUT2D eigenvalue weighted by atomic mass is 35.5. The zero-order chi connectivity index (χ0) is 16.4. The molecular weight excluding hydrogens is 323 g/mol. The number of aryl methyl sites for hydroxylation is 2. The van der Waals surface area contributed by atoms with Gasteiger partial charge in [-0.15, -0.1) is 0 Å². The molecule has 0 radical (unpaired) electrons. The molecule has 22 heavy (non-hydrogen) atoms. The van der Waals surface area contributed by atoms with Gasteiger partial charge in [-0.3, -0.25) is 0 Å². The highest BCUT2D eigenvalue weighted by molar-refractivity contribution is 6.31. The van der Waals surface area contributed by atoms with E-state index >= 15 is 0 Å². The zero-order valence-electron chi connectivity index (χ0n) is 12.2. The maximum atomic E-state index is 12.5. The van der Waals surface area contributed by atoms with Gasteiger partial charge in [0, 0.05) is 10.0 Å². The monoisotopic (exact) mass is 338 g/mol. The van der Waals surface area contributed by atoms with Gasteiger partial charge >= 0.3 is 6.03 Å². The predicted octanol–water partition coefficient (Wildman–Crippen LogP) is 3.79. The zero-order valence-corrected chi connectivity index (χ0v) is 13.7. The van der Waals surface area contributed by atoms with E-state index in [1.165, 1.54) is 0 Å². The van der Waals surface area contributed by atoms with Crippen molar-refractivity contribution >= 4 is 40.6 Å². The first-order valence-corrected chi connectivity index (χ1v) is 7.22. The number of hydrogen-bond donors (Lipinski definition) is 2. The van der Waals surface area contributed by atoms with Crippen LogP contribution in [-0.2, 0) is 0 Å². The van der Waals surface area contributed by atoms with Crippen molar-refractivity contribution < 1.29 is 4.79 Å². The number of nitrogens with zero attached hydrogens (tertiary/aromatic N) is 2. The fourth-order valence-electron chi connectivity index (χ4n) is 2.01. The number of hydrazine groups is 2. The summed E-state index contributed by atoms with van der Waals surface area (Å²) in [5.74, 6) is 11.8. The Morgan fingerprint density at radius 2 is 1.23 bits per heavy atom. The Kier molecular flexibility index (Phi) is 4.93. The highest BCUT2D eigenvalue weighted by Crippen LogP contribution is 2.26. The molecule has 0 saturated carbocycles. The normalized spacial score (nSPS) is 10.5. The minimum atomic E-state index is -0.601. The third kappa shape index (κ3) is 3.34. The van der Waals surface area contributed by atoms with E-state index in [0.29, 0.717) is 21.4 Å². The second-order valence-electron chi connectivity index (χ2n) is 4.88. The quantitative estimate of drug-likeness (QED) is 0.496. The number of carbonyl (C=O) groups is 1. The summed E-state index contributed by atoms with van der Waals surface area (Å²) in [4.78, 5) is 12.5. The summed E-state index contributed by atoms with van der Waals surface area (Å²) in [6.45, 7) is 3.65. The number of benzene rings is 2.